The smallest absolute Gasteiger partial charge is 0.311 e. The highest BCUT2D eigenvalue weighted by Crippen LogP contribution is 2.27. The number of halogens is 1. The zero-order chi connectivity index (χ0) is 14.3. The largest absolute Gasteiger partial charge is 0.490 e. The van der Waals surface area contributed by atoms with Crippen LogP contribution in [0.3, 0.4) is 0 Å². The average Bonchev–Trinajstić information content (AvgIpc) is 2.42. The molecule has 0 heterocycles. The summed E-state index contributed by atoms with van der Waals surface area (Å²) in [6.07, 6.45) is 0.792. The van der Waals surface area contributed by atoms with Crippen molar-refractivity contribution < 1.29 is 14.5 Å². The van der Waals surface area contributed by atoms with E-state index in [1.165, 1.54) is 25.3 Å². The van der Waals surface area contributed by atoms with E-state index in [4.69, 9.17) is 4.74 Å². The Hall–Kier alpha value is -1.86. The lowest BCUT2D eigenvalue weighted by atomic mass is 10.1. The molecule has 1 aromatic carbocycles. The third kappa shape index (κ3) is 5.02. The van der Waals surface area contributed by atoms with E-state index < -0.39 is 4.92 Å². The molecular formula is C12H18ClN3O4. The van der Waals surface area contributed by atoms with Crippen LogP contribution in [-0.2, 0) is 0 Å². The van der Waals surface area contributed by atoms with Crippen LogP contribution in [0.2, 0.25) is 0 Å². The van der Waals surface area contributed by atoms with Gasteiger partial charge in [0, 0.05) is 18.2 Å². The van der Waals surface area contributed by atoms with Crippen molar-refractivity contribution in [3.8, 4) is 5.75 Å². The average molecular weight is 304 g/mol. The first-order valence-electron chi connectivity index (χ1n) is 5.85. The third-order valence-electron chi connectivity index (χ3n) is 2.53. The van der Waals surface area contributed by atoms with Crippen molar-refractivity contribution in [2.75, 3.05) is 27.2 Å². The van der Waals surface area contributed by atoms with Crippen LogP contribution < -0.4 is 15.4 Å². The van der Waals surface area contributed by atoms with Crippen molar-refractivity contribution in [3.05, 3.63) is 33.9 Å². The van der Waals surface area contributed by atoms with Gasteiger partial charge in [-0.15, -0.1) is 12.4 Å². The van der Waals surface area contributed by atoms with E-state index in [0.29, 0.717) is 6.54 Å². The van der Waals surface area contributed by atoms with Gasteiger partial charge in [-0.2, -0.15) is 0 Å². The lowest BCUT2D eigenvalue weighted by Gasteiger charge is -2.06. The first kappa shape index (κ1) is 18.1. The first-order valence-corrected chi connectivity index (χ1v) is 5.85. The predicted molar refractivity (Wildman–Crippen MR) is 77.8 cm³/mol. The van der Waals surface area contributed by atoms with Crippen LogP contribution in [0.25, 0.3) is 0 Å². The molecule has 1 amide bonds. The Kier molecular flexibility index (Phi) is 8.26. The Labute approximate surface area is 123 Å². The maximum atomic E-state index is 11.8. The maximum absolute atomic E-state index is 11.8. The third-order valence-corrected chi connectivity index (χ3v) is 2.53. The minimum Gasteiger partial charge on any atom is -0.490 e. The van der Waals surface area contributed by atoms with Crippen LogP contribution in [0.5, 0.6) is 5.75 Å². The lowest BCUT2D eigenvalue weighted by molar-refractivity contribution is -0.385. The molecule has 2 N–H and O–H groups in total. The van der Waals surface area contributed by atoms with E-state index >= 15 is 0 Å². The van der Waals surface area contributed by atoms with Gasteiger partial charge in [0.25, 0.3) is 5.91 Å². The van der Waals surface area contributed by atoms with Gasteiger partial charge in [0.2, 0.25) is 0 Å². The molecule has 8 heteroatoms. The van der Waals surface area contributed by atoms with E-state index in [0.717, 1.165) is 13.0 Å². The number of hydrogen-bond donors (Lipinski definition) is 2. The molecular weight excluding hydrogens is 286 g/mol. The summed E-state index contributed by atoms with van der Waals surface area (Å²) in [4.78, 5) is 22.1. The molecule has 20 heavy (non-hydrogen) atoms. The van der Waals surface area contributed by atoms with Crippen molar-refractivity contribution in [1.82, 2.24) is 10.6 Å². The summed E-state index contributed by atoms with van der Waals surface area (Å²) in [6.45, 7) is 1.31. The van der Waals surface area contributed by atoms with Crippen LogP contribution in [-0.4, -0.2) is 38.1 Å². The second-order valence-corrected chi connectivity index (χ2v) is 3.86. The van der Waals surface area contributed by atoms with Crippen LogP contribution in [0.15, 0.2) is 18.2 Å². The van der Waals surface area contributed by atoms with Crippen molar-refractivity contribution in [3.63, 3.8) is 0 Å². The van der Waals surface area contributed by atoms with Gasteiger partial charge < -0.3 is 15.4 Å². The summed E-state index contributed by atoms with van der Waals surface area (Å²) >= 11 is 0. The molecule has 0 bridgehead atoms. The van der Waals surface area contributed by atoms with Gasteiger partial charge in [0.05, 0.1) is 12.0 Å². The van der Waals surface area contributed by atoms with E-state index in [1.54, 1.807) is 0 Å². The number of benzene rings is 1. The van der Waals surface area contributed by atoms with Gasteiger partial charge in [-0.05, 0) is 32.1 Å². The summed E-state index contributed by atoms with van der Waals surface area (Å²) in [5.74, 6) is -0.196. The highest BCUT2D eigenvalue weighted by atomic mass is 35.5. The second kappa shape index (κ2) is 9.11. The number of ether oxygens (including phenoxy) is 1. The quantitative estimate of drug-likeness (QED) is 0.451. The summed E-state index contributed by atoms with van der Waals surface area (Å²) in [7, 11) is 3.18. The van der Waals surface area contributed by atoms with E-state index in [9.17, 15) is 14.9 Å². The minimum absolute atomic E-state index is 0. The molecule has 0 atom stereocenters. The number of nitrogens with one attached hydrogen (secondary N) is 2. The summed E-state index contributed by atoms with van der Waals surface area (Å²) in [5.41, 5.74) is 0.0299. The molecule has 1 rings (SSSR count). The van der Waals surface area contributed by atoms with E-state index in [2.05, 4.69) is 10.6 Å². The zero-order valence-electron chi connectivity index (χ0n) is 11.3. The van der Waals surface area contributed by atoms with E-state index in [1.807, 2.05) is 7.05 Å². The highest BCUT2D eigenvalue weighted by Gasteiger charge is 2.17. The van der Waals surface area contributed by atoms with Crippen LogP contribution >= 0.6 is 12.4 Å². The molecule has 0 saturated heterocycles. The number of carbonyl (C=O) groups is 1. The molecule has 0 saturated carbocycles. The topological polar surface area (TPSA) is 93.5 Å². The summed E-state index contributed by atoms with van der Waals surface area (Å²) in [5, 5.41) is 16.5. The van der Waals surface area contributed by atoms with Gasteiger partial charge in [-0.25, -0.2) is 0 Å². The van der Waals surface area contributed by atoms with E-state index in [-0.39, 0.29) is 35.3 Å². The summed E-state index contributed by atoms with van der Waals surface area (Å²) < 4.78 is 4.87. The Morgan fingerprint density at radius 3 is 2.65 bits per heavy atom. The molecule has 0 aliphatic carbocycles. The molecule has 7 nitrogen and oxygen atoms in total. The zero-order valence-corrected chi connectivity index (χ0v) is 12.2. The molecule has 0 radical (unpaired) electrons. The summed E-state index contributed by atoms with van der Waals surface area (Å²) in [6, 6.07) is 4.13. The maximum Gasteiger partial charge on any atom is 0.311 e. The number of hydrogen-bond acceptors (Lipinski definition) is 5. The molecule has 112 valence electrons. The monoisotopic (exact) mass is 303 g/mol. The van der Waals surface area contributed by atoms with Crippen LogP contribution in [0.1, 0.15) is 16.8 Å². The fraction of sp³-hybridized carbons (Fsp3) is 0.417. The highest BCUT2D eigenvalue weighted by molar-refractivity contribution is 5.95. The molecule has 0 aliphatic heterocycles. The van der Waals surface area contributed by atoms with Gasteiger partial charge in [0.1, 0.15) is 0 Å². The molecule has 1 aromatic rings. The molecule has 0 aromatic heterocycles. The lowest BCUT2D eigenvalue weighted by Crippen LogP contribution is -2.26. The number of carbonyl (C=O) groups excluding carboxylic acids is 1. The Morgan fingerprint density at radius 2 is 2.10 bits per heavy atom. The number of nitro benzene ring substituents is 1. The fourth-order valence-electron chi connectivity index (χ4n) is 1.54. The number of nitro groups is 1. The SMILES string of the molecule is CNCCCNC(=O)c1ccc(OC)c([N+](=O)[O-])c1.Cl. The predicted octanol–water partition coefficient (Wildman–Crippen LogP) is 1.36. The van der Waals surface area contributed by atoms with Gasteiger partial charge in [-0.3, -0.25) is 14.9 Å². The second-order valence-electron chi connectivity index (χ2n) is 3.86. The van der Waals surface area contributed by atoms with Crippen molar-refractivity contribution >= 4 is 24.0 Å². The van der Waals surface area contributed by atoms with Gasteiger partial charge in [-0.1, -0.05) is 0 Å². The molecule has 0 spiro atoms. The van der Waals surface area contributed by atoms with Gasteiger partial charge in [0.15, 0.2) is 5.75 Å². The number of methoxy groups -OCH3 is 1. The molecule has 0 aliphatic rings. The Morgan fingerprint density at radius 1 is 1.40 bits per heavy atom. The first-order chi connectivity index (χ1) is 9.10. The van der Waals surface area contributed by atoms with Gasteiger partial charge >= 0.3 is 5.69 Å². The van der Waals surface area contributed by atoms with Crippen LogP contribution in [0, 0.1) is 10.1 Å². The minimum atomic E-state index is -0.573. The number of nitrogens with zero attached hydrogens (tertiary/aromatic N) is 1. The van der Waals surface area contributed by atoms with Crippen molar-refractivity contribution in [2.24, 2.45) is 0 Å². The number of rotatable bonds is 7. The van der Waals surface area contributed by atoms with Crippen molar-refractivity contribution in [2.45, 2.75) is 6.42 Å². The fourth-order valence-corrected chi connectivity index (χ4v) is 1.54. The Balaban J connectivity index is 0.00000361. The van der Waals surface area contributed by atoms with Crippen molar-refractivity contribution in [1.29, 1.82) is 0 Å². The standard InChI is InChI=1S/C12H17N3O4.ClH/c1-13-6-3-7-14-12(16)9-4-5-11(19-2)10(8-9)15(17)18;/h4-5,8,13H,3,6-7H2,1-2H3,(H,14,16);1H. The van der Waals surface area contributed by atoms with Crippen LogP contribution in [0.4, 0.5) is 5.69 Å². The number of amides is 1. The Bertz CT molecular complexity index is 468. The normalized spacial score (nSPS) is 9.50. The molecule has 0 fully saturated rings. The molecule has 0 unspecified atom stereocenters.